The van der Waals surface area contributed by atoms with Gasteiger partial charge in [0.25, 0.3) is 0 Å². The fourth-order valence-corrected chi connectivity index (χ4v) is 2.41. The second-order valence-electron chi connectivity index (χ2n) is 5.40. The summed E-state index contributed by atoms with van der Waals surface area (Å²) in [6.07, 6.45) is 0.534. The van der Waals surface area contributed by atoms with Gasteiger partial charge in [0, 0.05) is 38.8 Å². The van der Waals surface area contributed by atoms with Crippen LogP contribution >= 0.6 is 0 Å². The van der Waals surface area contributed by atoms with E-state index in [1.165, 1.54) is 5.56 Å². The molecule has 0 aliphatic heterocycles. The third kappa shape index (κ3) is 4.62. The number of nitrogens with zero attached hydrogens (tertiary/aromatic N) is 2. The Kier molecular flexibility index (Phi) is 6.01. The summed E-state index contributed by atoms with van der Waals surface area (Å²) in [5.41, 5.74) is 2.32. The molecule has 2 rings (SSSR count). The number of para-hydroxylation sites is 1. The normalized spacial score (nSPS) is 10.3. The van der Waals surface area contributed by atoms with Crippen molar-refractivity contribution in [1.82, 2.24) is 4.90 Å². The first-order valence-corrected chi connectivity index (χ1v) is 7.78. The van der Waals surface area contributed by atoms with Crippen LogP contribution in [0, 0.1) is 0 Å². The lowest BCUT2D eigenvalue weighted by atomic mass is 10.2. The highest BCUT2D eigenvalue weighted by atomic mass is 16.2. The van der Waals surface area contributed by atoms with Gasteiger partial charge in [-0.2, -0.15) is 0 Å². The molecule has 0 heterocycles. The number of rotatable bonds is 7. The van der Waals surface area contributed by atoms with Crippen molar-refractivity contribution in [2.24, 2.45) is 0 Å². The maximum Gasteiger partial charge on any atom is 0.224 e. The van der Waals surface area contributed by atoms with E-state index < -0.39 is 0 Å². The molecule has 2 aromatic carbocycles. The Balaban J connectivity index is 1.87. The molecule has 0 saturated carbocycles. The standard InChI is InChI=1S/C19H24N2O/c1-3-21(16-17-10-6-4-7-11-17)19(22)14-15-20(2)18-12-8-5-9-13-18/h4-13H,3,14-16H2,1-2H3. The highest BCUT2D eigenvalue weighted by molar-refractivity contribution is 5.76. The Morgan fingerprint density at radius 1 is 0.955 bits per heavy atom. The van der Waals surface area contributed by atoms with E-state index in [2.05, 4.69) is 29.2 Å². The van der Waals surface area contributed by atoms with Gasteiger partial charge in [-0.15, -0.1) is 0 Å². The highest BCUT2D eigenvalue weighted by Gasteiger charge is 2.13. The fourth-order valence-electron chi connectivity index (χ4n) is 2.41. The molecular weight excluding hydrogens is 272 g/mol. The van der Waals surface area contributed by atoms with E-state index >= 15 is 0 Å². The molecule has 3 heteroatoms. The van der Waals surface area contributed by atoms with Crippen LogP contribution in [-0.2, 0) is 11.3 Å². The van der Waals surface area contributed by atoms with E-state index in [-0.39, 0.29) is 5.91 Å². The predicted octanol–water partition coefficient (Wildman–Crippen LogP) is 3.56. The van der Waals surface area contributed by atoms with Crippen LogP contribution in [0.2, 0.25) is 0 Å². The minimum absolute atomic E-state index is 0.203. The number of carbonyl (C=O) groups excluding carboxylic acids is 1. The largest absolute Gasteiger partial charge is 0.374 e. The van der Waals surface area contributed by atoms with Gasteiger partial charge < -0.3 is 9.80 Å². The van der Waals surface area contributed by atoms with Crippen molar-refractivity contribution in [3.05, 3.63) is 66.2 Å². The summed E-state index contributed by atoms with van der Waals surface area (Å²) < 4.78 is 0. The monoisotopic (exact) mass is 296 g/mol. The minimum Gasteiger partial charge on any atom is -0.374 e. The van der Waals surface area contributed by atoms with Gasteiger partial charge in [-0.05, 0) is 24.6 Å². The maximum absolute atomic E-state index is 12.4. The first-order chi connectivity index (χ1) is 10.7. The van der Waals surface area contributed by atoms with Crippen LogP contribution in [-0.4, -0.2) is 30.9 Å². The Morgan fingerprint density at radius 2 is 1.55 bits per heavy atom. The van der Waals surface area contributed by atoms with Crippen LogP contribution in [0.15, 0.2) is 60.7 Å². The molecule has 116 valence electrons. The van der Waals surface area contributed by atoms with Crippen molar-refractivity contribution in [3.8, 4) is 0 Å². The second-order valence-corrected chi connectivity index (χ2v) is 5.40. The molecule has 2 aromatic rings. The van der Waals surface area contributed by atoms with Gasteiger partial charge in [-0.25, -0.2) is 0 Å². The van der Waals surface area contributed by atoms with E-state index in [1.807, 2.05) is 55.3 Å². The summed E-state index contributed by atoms with van der Waals surface area (Å²) >= 11 is 0. The lowest BCUT2D eigenvalue weighted by Gasteiger charge is -2.24. The number of anilines is 1. The number of amides is 1. The molecule has 0 N–H and O–H groups in total. The van der Waals surface area contributed by atoms with Crippen LogP contribution in [0.1, 0.15) is 18.9 Å². The summed E-state index contributed by atoms with van der Waals surface area (Å²) in [6.45, 7) is 4.18. The van der Waals surface area contributed by atoms with E-state index in [0.717, 1.165) is 18.8 Å². The summed E-state index contributed by atoms with van der Waals surface area (Å²) in [5, 5.41) is 0. The summed E-state index contributed by atoms with van der Waals surface area (Å²) in [5.74, 6) is 0.203. The van der Waals surface area contributed by atoms with Gasteiger partial charge in [-0.1, -0.05) is 48.5 Å². The Morgan fingerprint density at radius 3 is 2.14 bits per heavy atom. The van der Waals surface area contributed by atoms with Crippen molar-refractivity contribution < 1.29 is 4.79 Å². The van der Waals surface area contributed by atoms with E-state index in [0.29, 0.717) is 13.0 Å². The van der Waals surface area contributed by atoms with Gasteiger partial charge >= 0.3 is 0 Å². The number of hydrogen-bond donors (Lipinski definition) is 0. The Labute approximate surface area is 133 Å². The molecule has 0 bridgehead atoms. The van der Waals surface area contributed by atoms with Crippen molar-refractivity contribution >= 4 is 11.6 Å². The van der Waals surface area contributed by atoms with Crippen LogP contribution in [0.25, 0.3) is 0 Å². The zero-order chi connectivity index (χ0) is 15.8. The van der Waals surface area contributed by atoms with Gasteiger partial charge in [0.05, 0.1) is 0 Å². The fraction of sp³-hybridized carbons (Fsp3) is 0.316. The zero-order valence-corrected chi connectivity index (χ0v) is 13.4. The molecule has 1 amide bonds. The van der Waals surface area contributed by atoms with Crippen molar-refractivity contribution in [1.29, 1.82) is 0 Å². The Hall–Kier alpha value is -2.29. The summed E-state index contributed by atoms with van der Waals surface area (Å²) in [7, 11) is 2.02. The molecule has 0 saturated heterocycles. The molecule has 0 atom stereocenters. The van der Waals surface area contributed by atoms with Crippen molar-refractivity contribution in [3.63, 3.8) is 0 Å². The molecule has 0 fully saturated rings. The van der Waals surface area contributed by atoms with Gasteiger partial charge in [0.1, 0.15) is 0 Å². The van der Waals surface area contributed by atoms with Crippen LogP contribution in [0.3, 0.4) is 0 Å². The average Bonchev–Trinajstić information content (AvgIpc) is 2.59. The first-order valence-electron chi connectivity index (χ1n) is 7.78. The third-order valence-corrected chi connectivity index (χ3v) is 3.81. The topological polar surface area (TPSA) is 23.6 Å². The molecule has 22 heavy (non-hydrogen) atoms. The number of benzene rings is 2. The number of carbonyl (C=O) groups is 1. The van der Waals surface area contributed by atoms with E-state index in [4.69, 9.17) is 0 Å². The molecule has 0 aromatic heterocycles. The molecule has 3 nitrogen and oxygen atoms in total. The molecule has 0 unspecified atom stereocenters. The molecule has 0 aliphatic carbocycles. The van der Waals surface area contributed by atoms with E-state index in [1.54, 1.807) is 0 Å². The van der Waals surface area contributed by atoms with Gasteiger partial charge in [-0.3, -0.25) is 4.79 Å². The summed E-state index contributed by atoms with van der Waals surface area (Å²) in [4.78, 5) is 16.4. The molecular formula is C19H24N2O. The van der Waals surface area contributed by atoms with E-state index in [9.17, 15) is 4.79 Å². The Bertz CT molecular complexity index is 569. The molecule has 0 aliphatic rings. The van der Waals surface area contributed by atoms with Crippen molar-refractivity contribution in [2.75, 3.05) is 25.0 Å². The van der Waals surface area contributed by atoms with Gasteiger partial charge in [0.2, 0.25) is 5.91 Å². The first kappa shape index (κ1) is 16.1. The lowest BCUT2D eigenvalue weighted by molar-refractivity contribution is -0.131. The van der Waals surface area contributed by atoms with Crippen LogP contribution in [0.5, 0.6) is 0 Å². The van der Waals surface area contributed by atoms with Gasteiger partial charge in [0.15, 0.2) is 0 Å². The van der Waals surface area contributed by atoms with Crippen LogP contribution < -0.4 is 4.90 Å². The predicted molar refractivity (Wildman–Crippen MR) is 91.9 cm³/mol. The highest BCUT2D eigenvalue weighted by Crippen LogP contribution is 2.12. The SMILES string of the molecule is CCN(Cc1ccccc1)C(=O)CCN(C)c1ccccc1. The second kappa shape index (κ2) is 8.23. The van der Waals surface area contributed by atoms with Crippen molar-refractivity contribution in [2.45, 2.75) is 19.9 Å². The molecule has 0 radical (unpaired) electrons. The summed E-state index contributed by atoms with van der Waals surface area (Å²) in [6, 6.07) is 20.3. The third-order valence-electron chi connectivity index (χ3n) is 3.81. The maximum atomic E-state index is 12.4. The zero-order valence-electron chi connectivity index (χ0n) is 13.4. The number of hydrogen-bond acceptors (Lipinski definition) is 2. The average molecular weight is 296 g/mol. The quantitative estimate of drug-likeness (QED) is 0.780. The molecule has 0 spiro atoms. The minimum atomic E-state index is 0.203. The van der Waals surface area contributed by atoms with Crippen LogP contribution in [0.4, 0.5) is 5.69 Å². The smallest absolute Gasteiger partial charge is 0.224 e. The lowest BCUT2D eigenvalue weighted by Crippen LogP contribution is -2.33.